The van der Waals surface area contributed by atoms with Gasteiger partial charge in [0.05, 0.1) is 11.6 Å². The third kappa shape index (κ3) is 2.16. The molecule has 0 unspecified atom stereocenters. The maximum Gasteiger partial charge on any atom is 0.132 e. The van der Waals surface area contributed by atoms with Crippen molar-refractivity contribution in [2.45, 2.75) is 45.3 Å². The summed E-state index contributed by atoms with van der Waals surface area (Å²) in [6.45, 7) is 6.65. The van der Waals surface area contributed by atoms with Crippen molar-refractivity contribution in [2.24, 2.45) is 0 Å². The molecule has 2 heterocycles. The van der Waals surface area contributed by atoms with Gasteiger partial charge in [0, 0.05) is 18.3 Å². The van der Waals surface area contributed by atoms with Crippen LogP contribution in [0.5, 0.6) is 0 Å². The number of aromatic nitrogens is 2. The van der Waals surface area contributed by atoms with Gasteiger partial charge in [0.1, 0.15) is 12.1 Å². The second-order valence-corrected chi connectivity index (χ2v) is 5.02. The standard InChI is InChI=1S/C12H19N3O/c1-9-7-11(14-8-13-9)15-6-4-5-10(15)12(2,3)16/h7-8,10,16H,4-6H2,1-3H3/t10-/m0/s1. The highest BCUT2D eigenvalue weighted by atomic mass is 16.3. The summed E-state index contributed by atoms with van der Waals surface area (Å²) in [5.41, 5.74) is 0.279. The molecule has 4 nitrogen and oxygen atoms in total. The van der Waals surface area contributed by atoms with E-state index in [0.717, 1.165) is 30.9 Å². The zero-order chi connectivity index (χ0) is 11.8. The van der Waals surface area contributed by atoms with Gasteiger partial charge in [0.25, 0.3) is 0 Å². The van der Waals surface area contributed by atoms with Crippen LogP contribution >= 0.6 is 0 Å². The smallest absolute Gasteiger partial charge is 0.132 e. The van der Waals surface area contributed by atoms with Crippen molar-refractivity contribution in [1.29, 1.82) is 0 Å². The molecule has 0 amide bonds. The summed E-state index contributed by atoms with van der Waals surface area (Å²) >= 11 is 0. The Morgan fingerprint density at radius 1 is 1.44 bits per heavy atom. The van der Waals surface area contributed by atoms with E-state index in [1.807, 2.05) is 26.8 Å². The molecule has 0 radical (unpaired) electrons. The van der Waals surface area contributed by atoms with Gasteiger partial charge in [-0.3, -0.25) is 0 Å². The fourth-order valence-corrected chi connectivity index (χ4v) is 2.37. The molecule has 0 spiro atoms. The summed E-state index contributed by atoms with van der Waals surface area (Å²) in [4.78, 5) is 10.6. The number of rotatable bonds is 2. The molecule has 0 aromatic carbocycles. The third-order valence-electron chi connectivity index (χ3n) is 3.15. The third-order valence-corrected chi connectivity index (χ3v) is 3.15. The second kappa shape index (κ2) is 4.01. The minimum atomic E-state index is -0.685. The van der Waals surface area contributed by atoms with Crippen molar-refractivity contribution in [3.05, 3.63) is 18.1 Å². The van der Waals surface area contributed by atoms with E-state index >= 15 is 0 Å². The first-order valence-electron chi connectivity index (χ1n) is 5.76. The van der Waals surface area contributed by atoms with Crippen molar-refractivity contribution in [3.63, 3.8) is 0 Å². The van der Waals surface area contributed by atoms with E-state index in [-0.39, 0.29) is 6.04 Å². The van der Waals surface area contributed by atoms with Crippen LogP contribution in [0.1, 0.15) is 32.4 Å². The van der Waals surface area contributed by atoms with Gasteiger partial charge in [-0.05, 0) is 33.6 Å². The number of aliphatic hydroxyl groups is 1. The molecule has 0 aliphatic carbocycles. The molecular formula is C12H19N3O. The Morgan fingerprint density at radius 2 is 2.19 bits per heavy atom. The van der Waals surface area contributed by atoms with Crippen LogP contribution in [0.25, 0.3) is 0 Å². The summed E-state index contributed by atoms with van der Waals surface area (Å²) in [5, 5.41) is 10.1. The van der Waals surface area contributed by atoms with Crippen LogP contribution in [-0.2, 0) is 0 Å². The maximum atomic E-state index is 10.1. The fourth-order valence-electron chi connectivity index (χ4n) is 2.37. The quantitative estimate of drug-likeness (QED) is 0.822. The van der Waals surface area contributed by atoms with Gasteiger partial charge < -0.3 is 10.0 Å². The van der Waals surface area contributed by atoms with Crippen LogP contribution in [0.4, 0.5) is 5.82 Å². The van der Waals surface area contributed by atoms with Gasteiger partial charge in [-0.15, -0.1) is 0 Å². The molecule has 1 N–H and O–H groups in total. The van der Waals surface area contributed by atoms with E-state index in [1.54, 1.807) is 6.33 Å². The lowest BCUT2D eigenvalue weighted by molar-refractivity contribution is 0.0533. The summed E-state index contributed by atoms with van der Waals surface area (Å²) in [7, 11) is 0. The first-order chi connectivity index (χ1) is 7.48. The highest BCUT2D eigenvalue weighted by Crippen LogP contribution is 2.30. The summed E-state index contributed by atoms with van der Waals surface area (Å²) in [6.07, 6.45) is 3.72. The lowest BCUT2D eigenvalue weighted by atomic mass is 9.97. The normalized spacial score (nSPS) is 21.5. The van der Waals surface area contributed by atoms with Crippen molar-refractivity contribution in [3.8, 4) is 0 Å². The topological polar surface area (TPSA) is 49.2 Å². The molecule has 1 aliphatic rings. The average Bonchev–Trinajstić information content (AvgIpc) is 2.65. The molecule has 4 heteroatoms. The molecule has 1 saturated heterocycles. The fraction of sp³-hybridized carbons (Fsp3) is 0.667. The van der Waals surface area contributed by atoms with Crippen molar-refractivity contribution in [1.82, 2.24) is 9.97 Å². The number of hydrogen-bond acceptors (Lipinski definition) is 4. The molecule has 1 aromatic heterocycles. The monoisotopic (exact) mass is 221 g/mol. The number of anilines is 1. The van der Waals surface area contributed by atoms with E-state index in [4.69, 9.17) is 0 Å². The van der Waals surface area contributed by atoms with Crippen molar-refractivity contribution in [2.75, 3.05) is 11.4 Å². The number of nitrogens with zero attached hydrogens (tertiary/aromatic N) is 3. The predicted octanol–water partition coefficient (Wildman–Crippen LogP) is 1.52. The van der Waals surface area contributed by atoms with Crippen molar-refractivity contribution < 1.29 is 5.11 Å². The van der Waals surface area contributed by atoms with Gasteiger partial charge in [-0.1, -0.05) is 0 Å². The van der Waals surface area contributed by atoms with E-state index in [2.05, 4.69) is 14.9 Å². The number of aryl methyl sites for hydroxylation is 1. The highest BCUT2D eigenvalue weighted by Gasteiger charge is 2.36. The van der Waals surface area contributed by atoms with Crippen LogP contribution in [0.2, 0.25) is 0 Å². The Balaban J connectivity index is 2.27. The minimum absolute atomic E-state index is 0.154. The summed E-state index contributed by atoms with van der Waals surface area (Å²) in [5.74, 6) is 0.928. The Morgan fingerprint density at radius 3 is 2.81 bits per heavy atom. The van der Waals surface area contributed by atoms with Gasteiger partial charge in [0.2, 0.25) is 0 Å². The second-order valence-electron chi connectivity index (χ2n) is 5.02. The van der Waals surface area contributed by atoms with Crippen LogP contribution in [0.3, 0.4) is 0 Å². The van der Waals surface area contributed by atoms with Gasteiger partial charge in [0.15, 0.2) is 0 Å². The molecule has 88 valence electrons. The van der Waals surface area contributed by atoms with E-state index in [9.17, 15) is 5.11 Å². The minimum Gasteiger partial charge on any atom is -0.388 e. The molecule has 16 heavy (non-hydrogen) atoms. The van der Waals surface area contributed by atoms with E-state index in [0.29, 0.717) is 0 Å². The zero-order valence-corrected chi connectivity index (χ0v) is 10.1. The van der Waals surface area contributed by atoms with Crippen LogP contribution in [-0.4, -0.2) is 33.3 Å². The summed E-state index contributed by atoms with van der Waals surface area (Å²) < 4.78 is 0. The molecule has 0 bridgehead atoms. The van der Waals surface area contributed by atoms with Crippen LogP contribution < -0.4 is 4.90 Å². The lowest BCUT2D eigenvalue weighted by Crippen LogP contribution is -2.46. The molecule has 1 atom stereocenters. The lowest BCUT2D eigenvalue weighted by Gasteiger charge is -2.34. The molecule has 2 rings (SSSR count). The predicted molar refractivity (Wildman–Crippen MR) is 63.4 cm³/mol. The number of hydrogen-bond donors (Lipinski definition) is 1. The Hall–Kier alpha value is -1.16. The Kier molecular flexibility index (Phi) is 2.84. The molecular weight excluding hydrogens is 202 g/mol. The van der Waals surface area contributed by atoms with Crippen LogP contribution in [0, 0.1) is 6.92 Å². The zero-order valence-electron chi connectivity index (χ0n) is 10.1. The Labute approximate surface area is 96.3 Å². The molecule has 1 fully saturated rings. The molecule has 1 aliphatic heterocycles. The van der Waals surface area contributed by atoms with Gasteiger partial charge >= 0.3 is 0 Å². The first kappa shape index (κ1) is 11.3. The SMILES string of the molecule is Cc1cc(N2CCC[C@H]2C(C)(C)O)ncn1. The average molecular weight is 221 g/mol. The van der Waals surface area contributed by atoms with Crippen LogP contribution in [0.15, 0.2) is 12.4 Å². The molecule has 1 aromatic rings. The van der Waals surface area contributed by atoms with Gasteiger partial charge in [-0.25, -0.2) is 9.97 Å². The highest BCUT2D eigenvalue weighted by molar-refractivity contribution is 5.42. The first-order valence-corrected chi connectivity index (χ1v) is 5.76. The Bertz CT molecular complexity index is 373. The van der Waals surface area contributed by atoms with Gasteiger partial charge in [-0.2, -0.15) is 0 Å². The molecule has 0 saturated carbocycles. The summed E-state index contributed by atoms with van der Waals surface area (Å²) in [6, 6.07) is 2.13. The van der Waals surface area contributed by atoms with E-state index < -0.39 is 5.60 Å². The maximum absolute atomic E-state index is 10.1. The van der Waals surface area contributed by atoms with Crippen molar-refractivity contribution >= 4 is 5.82 Å². The largest absolute Gasteiger partial charge is 0.388 e. The van der Waals surface area contributed by atoms with E-state index in [1.165, 1.54) is 0 Å².